The van der Waals surface area contributed by atoms with Crippen LogP contribution in [0.15, 0.2) is 42.5 Å². The van der Waals surface area contributed by atoms with E-state index in [0.29, 0.717) is 46.6 Å². The largest absolute Gasteiger partial charge is 0.492 e. The highest BCUT2D eigenvalue weighted by Crippen LogP contribution is 2.30. The van der Waals surface area contributed by atoms with Crippen molar-refractivity contribution in [1.82, 2.24) is 0 Å². The van der Waals surface area contributed by atoms with Gasteiger partial charge in [0.25, 0.3) is 0 Å². The highest BCUT2D eigenvalue weighted by atomic mass is 35.5. The topological polar surface area (TPSA) is 67.4 Å². The second kappa shape index (κ2) is 9.11. The van der Waals surface area contributed by atoms with Gasteiger partial charge in [0.05, 0.1) is 11.6 Å². The summed E-state index contributed by atoms with van der Waals surface area (Å²) in [4.78, 5) is 23.9. The van der Waals surface area contributed by atoms with Crippen molar-refractivity contribution in [2.24, 2.45) is 5.92 Å². The zero-order chi connectivity index (χ0) is 19.2. The molecular formula is C20H20Cl2N2O3. The number of amides is 2. The molecule has 1 aliphatic carbocycles. The van der Waals surface area contributed by atoms with Crippen LogP contribution in [0.2, 0.25) is 10.0 Å². The first-order chi connectivity index (χ1) is 13.0. The molecule has 0 spiro atoms. The SMILES string of the molecule is O=C(CCCOc1ccc(Cl)cc1Cl)Nc1cccc(NC(=O)C2CC2)c1. The number of carbonyl (C=O) groups is 2. The van der Waals surface area contributed by atoms with Crippen LogP contribution in [0.25, 0.3) is 0 Å². The molecule has 1 aliphatic rings. The van der Waals surface area contributed by atoms with Gasteiger partial charge in [-0.25, -0.2) is 0 Å². The average Bonchev–Trinajstić information content (AvgIpc) is 3.45. The number of anilines is 2. The summed E-state index contributed by atoms with van der Waals surface area (Å²) in [6, 6.07) is 12.1. The molecule has 2 aromatic rings. The number of halogens is 2. The Bertz CT molecular complexity index is 838. The summed E-state index contributed by atoms with van der Waals surface area (Å²) in [5.74, 6) is 0.598. The van der Waals surface area contributed by atoms with Crippen molar-refractivity contribution in [2.45, 2.75) is 25.7 Å². The van der Waals surface area contributed by atoms with Gasteiger partial charge in [0, 0.05) is 28.7 Å². The van der Waals surface area contributed by atoms with Crippen LogP contribution < -0.4 is 15.4 Å². The lowest BCUT2D eigenvalue weighted by molar-refractivity contribution is -0.117. The van der Waals surface area contributed by atoms with E-state index in [1.54, 1.807) is 42.5 Å². The summed E-state index contributed by atoms with van der Waals surface area (Å²) in [6.45, 7) is 0.367. The standard InChI is InChI=1S/C20H20Cl2N2O3/c21-14-8-9-18(17(22)11-14)27-10-2-5-19(25)23-15-3-1-4-16(12-15)24-20(26)13-6-7-13/h1,3-4,8-9,11-13H,2,5-7,10H2,(H,23,25)(H,24,26). The van der Waals surface area contributed by atoms with Crippen molar-refractivity contribution >= 4 is 46.4 Å². The molecule has 3 rings (SSSR count). The number of nitrogens with one attached hydrogen (secondary N) is 2. The highest BCUT2D eigenvalue weighted by Gasteiger charge is 2.29. The lowest BCUT2D eigenvalue weighted by atomic mass is 10.2. The van der Waals surface area contributed by atoms with Gasteiger partial charge in [-0.1, -0.05) is 29.3 Å². The van der Waals surface area contributed by atoms with E-state index in [4.69, 9.17) is 27.9 Å². The Morgan fingerprint density at radius 3 is 2.48 bits per heavy atom. The molecule has 0 aliphatic heterocycles. The quantitative estimate of drug-likeness (QED) is 0.596. The lowest BCUT2D eigenvalue weighted by Crippen LogP contribution is -2.15. The van der Waals surface area contributed by atoms with Crippen molar-refractivity contribution in [2.75, 3.05) is 17.2 Å². The Hall–Kier alpha value is -2.24. The molecule has 0 heterocycles. The summed E-state index contributed by atoms with van der Waals surface area (Å²) >= 11 is 11.9. The summed E-state index contributed by atoms with van der Waals surface area (Å²) < 4.78 is 5.57. The minimum atomic E-state index is -0.119. The molecule has 1 fully saturated rings. The molecule has 0 saturated heterocycles. The molecule has 0 radical (unpaired) electrons. The van der Waals surface area contributed by atoms with Gasteiger partial charge >= 0.3 is 0 Å². The third-order valence-corrected chi connectivity index (χ3v) is 4.59. The van der Waals surface area contributed by atoms with Gasteiger partial charge in [-0.2, -0.15) is 0 Å². The minimum Gasteiger partial charge on any atom is -0.492 e. The van der Waals surface area contributed by atoms with Gasteiger partial charge < -0.3 is 15.4 Å². The number of benzene rings is 2. The van der Waals surface area contributed by atoms with Crippen LogP contribution in [-0.2, 0) is 9.59 Å². The molecular weight excluding hydrogens is 387 g/mol. The fourth-order valence-electron chi connectivity index (χ4n) is 2.50. The predicted molar refractivity (Wildman–Crippen MR) is 108 cm³/mol. The van der Waals surface area contributed by atoms with E-state index in [1.165, 1.54) is 0 Å². The number of carbonyl (C=O) groups excluding carboxylic acids is 2. The number of rotatable bonds is 8. The van der Waals surface area contributed by atoms with Gasteiger partial charge in [0.1, 0.15) is 5.75 Å². The molecule has 0 atom stereocenters. The van der Waals surface area contributed by atoms with Gasteiger partial charge in [-0.15, -0.1) is 0 Å². The molecule has 0 unspecified atom stereocenters. The Balaban J connectivity index is 1.41. The van der Waals surface area contributed by atoms with E-state index in [-0.39, 0.29) is 17.7 Å². The highest BCUT2D eigenvalue weighted by molar-refractivity contribution is 6.35. The van der Waals surface area contributed by atoms with E-state index in [1.807, 2.05) is 0 Å². The molecule has 7 heteroatoms. The molecule has 0 bridgehead atoms. The molecule has 2 aromatic carbocycles. The van der Waals surface area contributed by atoms with Crippen molar-refractivity contribution < 1.29 is 14.3 Å². The Morgan fingerprint density at radius 1 is 1.04 bits per heavy atom. The van der Waals surface area contributed by atoms with Crippen LogP contribution in [0.5, 0.6) is 5.75 Å². The van der Waals surface area contributed by atoms with Gasteiger partial charge in [0.2, 0.25) is 11.8 Å². The van der Waals surface area contributed by atoms with E-state index in [0.717, 1.165) is 12.8 Å². The van der Waals surface area contributed by atoms with E-state index in [2.05, 4.69) is 10.6 Å². The van der Waals surface area contributed by atoms with Crippen LogP contribution in [0.4, 0.5) is 11.4 Å². The number of hydrogen-bond acceptors (Lipinski definition) is 3. The fraction of sp³-hybridized carbons (Fsp3) is 0.300. The van der Waals surface area contributed by atoms with Crippen LogP contribution in [0.3, 0.4) is 0 Å². The third kappa shape index (κ3) is 6.15. The zero-order valence-corrected chi connectivity index (χ0v) is 16.1. The zero-order valence-electron chi connectivity index (χ0n) is 14.6. The normalized spacial score (nSPS) is 13.1. The molecule has 5 nitrogen and oxygen atoms in total. The molecule has 1 saturated carbocycles. The van der Waals surface area contributed by atoms with E-state index < -0.39 is 0 Å². The monoisotopic (exact) mass is 406 g/mol. The molecule has 142 valence electrons. The summed E-state index contributed by atoms with van der Waals surface area (Å²) in [6.07, 6.45) is 2.75. The lowest BCUT2D eigenvalue weighted by Gasteiger charge is -2.10. The number of hydrogen-bond donors (Lipinski definition) is 2. The fourth-order valence-corrected chi connectivity index (χ4v) is 2.96. The maximum absolute atomic E-state index is 12.1. The average molecular weight is 407 g/mol. The maximum Gasteiger partial charge on any atom is 0.227 e. The van der Waals surface area contributed by atoms with Crippen LogP contribution in [-0.4, -0.2) is 18.4 Å². The van der Waals surface area contributed by atoms with Crippen LogP contribution in [0.1, 0.15) is 25.7 Å². The van der Waals surface area contributed by atoms with Crippen molar-refractivity contribution in [3.8, 4) is 5.75 Å². The Labute approximate surface area is 168 Å². The van der Waals surface area contributed by atoms with Crippen molar-refractivity contribution in [3.63, 3.8) is 0 Å². The van der Waals surface area contributed by atoms with E-state index in [9.17, 15) is 9.59 Å². The summed E-state index contributed by atoms with van der Waals surface area (Å²) in [7, 11) is 0. The molecule has 2 N–H and O–H groups in total. The second-order valence-electron chi connectivity index (χ2n) is 6.42. The van der Waals surface area contributed by atoms with Crippen molar-refractivity contribution in [3.05, 3.63) is 52.5 Å². The van der Waals surface area contributed by atoms with E-state index >= 15 is 0 Å². The van der Waals surface area contributed by atoms with Crippen LogP contribution >= 0.6 is 23.2 Å². The van der Waals surface area contributed by atoms with Crippen molar-refractivity contribution in [1.29, 1.82) is 0 Å². The molecule has 0 aromatic heterocycles. The summed E-state index contributed by atoms with van der Waals surface area (Å²) in [5, 5.41) is 6.68. The second-order valence-corrected chi connectivity index (χ2v) is 7.26. The van der Waals surface area contributed by atoms with Gasteiger partial charge in [-0.05, 0) is 55.7 Å². The first kappa shape index (κ1) is 19.5. The molecule has 27 heavy (non-hydrogen) atoms. The third-order valence-electron chi connectivity index (χ3n) is 4.06. The summed E-state index contributed by atoms with van der Waals surface area (Å²) in [5.41, 5.74) is 1.33. The molecule has 2 amide bonds. The Kier molecular flexibility index (Phi) is 6.58. The minimum absolute atomic E-state index is 0.0384. The van der Waals surface area contributed by atoms with Crippen LogP contribution in [0, 0.1) is 5.92 Å². The van der Waals surface area contributed by atoms with Gasteiger partial charge in [0.15, 0.2) is 0 Å². The van der Waals surface area contributed by atoms with Gasteiger partial charge in [-0.3, -0.25) is 9.59 Å². The Morgan fingerprint density at radius 2 is 1.78 bits per heavy atom. The number of ether oxygens (including phenoxy) is 1. The maximum atomic E-state index is 12.1. The predicted octanol–water partition coefficient (Wildman–Crippen LogP) is 5.14. The first-order valence-corrected chi connectivity index (χ1v) is 9.55. The smallest absolute Gasteiger partial charge is 0.227 e. The first-order valence-electron chi connectivity index (χ1n) is 8.80.